The van der Waals surface area contributed by atoms with E-state index in [1.54, 1.807) is 0 Å². The van der Waals surface area contributed by atoms with Crippen molar-refractivity contribution in [2.75, 3.05) is 32.8 Å². The summed E-state index contributed by atoms with van der Waals surface area (Å²) in [6.45, 7) is 6.23. The normalized spacial score (nSPS) is 30.7. The summed E-state index contributed by atoms with van der Waals surface area (Å²) in [6.07, 6.45) is 2.02. The maximum atomic E-state index is 12.2. The number of rotatable bonds is 1. The van der Waals surface area contributed by atoms with Gasteiger partial charge in [0.15, 0.2) is 0 Å². The van der Waals surface area contributed by atoms with E-state index < -0.39 is 0 Å². The van der Waals surface area contributed by atoms with Crippen LogP contribution in [0.3, 0.4) is 0 Å². The van der Waals surface area contributed by atoms with Gasteiger partial charge in [0.2, 0.25) is 5.91 Å². The fourth-order valence-corrected chi connectivity index (χ4v) is 2.34. The van der Waals surface area contributed by atoms with E-state index in [-0.39, 0.29) is 18.3 Å². The molecule has 0 spiro atoms. The number of hydrogen-bond acceptors (Lipinski definition) is 3. The molecular formula is C11H21ClN2O2. The first kappa shape index (κ1) is 13.7. The minimum Gasteiger partial charge on any atom is -0.381 e. The van der Waals surface area contributed by atoms with Gasteiger partial charge >= 0.3 is 0 Å². The van der Waals surface area contributed by atoms with Crippen LogP contribution < -0.4 is 5.32 Å². The smallest absolute Gasteiger partial charge is 0.228 e. The second-order valence-corrected chi connectivity index (χ2v) is 4.50. The van der Waals surface area contributed by atoms with Crippen LogP contribution in [0.1, 0.15) is 19.8 Å². The number of carbonyl (C=O) groups excluding carboxylic acids is 1. The number of hydrogen-bond donors (Lipinski definition) is 1. The number of amides is 1. The molecule has 0 saturated carbocycles. The molecule has 2 fully saturated rings. The molecular weight excluding hydrogens is 228 g/mol. The maximum absolute atomic E-state index is 12.2. The SMILES string of the molecule is CC1CNCCN1C(=O)C1CCCOC1.Cl. The summed E-state index contributed by atoms with van der Waals surface area (Å²) in [6, 6.07) is 0.327. The van der Waals surface area contributed by atoms with Crippen LogP contribution in [-0.2, 0) is 9.53 Å². The van der Waals surface area contributed by atoms with Crippen LogP contribution >= 0.6 is 12.4 Å². The van der Waals surface area contributed by atoms with E-state index in [4.69, 9.17) is 4.74 Å². The predicted octanol–water partition coefficient (Wildman–Crippen LogP) is 0.655. The molecule has 16 heavy (non-hydrogen) atoms. The van der Waals surface area contributed by atoms with Gasteiger partial charge in [0.05, 0.1) is 12.5 Å². The Morgan fingerprint density at radius 3 is 2.94 bits per heavy atom. The van der Waals surface area contributed by atoms with E-state index in [0.717, 1.165) is 39.1 Å². The van der Waals surface area contributed by atoms with Crippen molar-refractivity contribution in [2.45, 2.75) is 25.8 Å². The molecule has 2 atom stereocenters. The molecule has 2 heterocycles. The largest absolute Gasteiger partial charge is 0.381 e. The van der Waals surface area contributed by atoms with Crippen molar-refractivity contribution >= 4 is 18.3 Å². The lowest BCUT2D eigenvalue weighted by atomic mass is 9.99. The van der Waals surface area contributed by atoms with Gasteiger partial charge < -0.3 is 15.0 Å². The van der Waals surface area contributed by atoms with Crippen molar-refractivity contribution in [1.29, 1.82) is 0 Å². The van der Waals surface area contributed by atoms with E-state index in [1.807, 2.05) is 4.90 Å². The molecule has 2 saturated heterocycles. The van der Waals surface area contributed by atoms with Gasteiger partial charge in [-0.1, -0.05) is 0 Å². The van der Waals surface area contributed by atoms with Crippen LogP contribution in [0, 0.1) is 5.92 Å². The molecule has 2 rings (SSSR count). The first-order chi connectivity index (χ1) is 7.29. The average Bonchev–Trinajstić information content (AvgIpc) is 2.30. The van der Waals surface area contributed by atoms with Gasteiger partial charge in [-0.25, -0.2) is 0 Å². The van der Waals surface area contributed by atoms with E-state index in [9.17, 15) is 4.79 Å². The molecule has 2 aliphatic heterocycles. The molecule has 2 aliphatic rings. The third-order valence-corrected chi connectivity index (χ3v) is 3.29. The van der Waals surface area contributed by atoms with E-state index in [2.05, 4.69) is 12.2 Å². The van der Waals surface area contributed by atoms with Crippen molar-refractivity contribution < 1.29 is 9.53 Å². The van der Waals surface area contributed by atoms with Crippen LogP contribution in [0.2, 0.25) is 0 Å². The van der Waals surface area contributed by atoms with Crippen LogP contribution in [0.5, 0.6) is 0 Å². The van der Waals surface area contributed by atoms with Gasteiger partial charge in [-0.2, -0.15) is 0 Å². The van der Waals surface area contributed by atoms with Gasteiger partial charge in [-0.15, -0.1) is 12.4 Å². The highest BCUT2D eigenvalue weighted by molar-refractivity contribution is 5.85. The summed E-state index contributed by atoms with van der Waals surface area (Å²) in [4.78, 5) is 14.2. The molecule has 0 radical (unpaired) electrons. The quantitative estimate of drug-likeness (QED) is 0.741. The Morgan fingerprint density at radius 2 is 2.31 bits per heavy atom. The van der Waals surface area contributed by atoms with Crippen LogP contribution in [0.4, 0.5) is 0 Å². The van der Waals surface area contributed by atoms with Crippen LogP contribution in [-0.4, -0.2) is 49.7 Å². The van der Waals surface area contributed by atoms with Gasteiger partial charge in [-0.3, -0.25) is 4.79 Å². The van der Waals surface area contributed by atoms with Crippen molar-refractivity contribution in [3.05, 3.63) is 0 Å². The topological polar surface area (TPSA) is 41.6 Å². The van der Waals surface area contributed by atoms with Gasteiger partial charge in [-0.05, 0) is 19.8 Å². The van der Waals surface area contributed by atoms with Gasteiger partial charge in [0, 0.05) is 32.3 Å². The number of halogens is 1. The van der Waals surface area contributed by atoms with E-state index in [0.29, 0.717) is 18.6 Å². The molecule has 0 aromatic carbocycles. The monoisotopic (exact) mass is 248 g/mol. The minimum atomic E-state index is 0. The number of piperazine rings is 1. The van der Waals surface area contributed by atoms with Crippen molar-refractivity contribution in [3.63, 3.8) is 0 Å². The number of nitrogens with zero attached hydrogens (tertiary/aromatic N) is 1. The third kappa shape index (κ3) is 3.09. The highest BCUT2D eigenvalue weighted by Gasteiger charge is 2.30. The minimum absolute atomic E-state index is 0. The molecule has 2 unspecified atom stereocenters. The highest BCUT2D eigenvalue weighted by atomic mass is 35.5. The zero-order valence-corrected chi connectivity index (χ0v) is 10.6. The van der Waals surface area contributed by atoms with Crippen LogP contribution in [0.25, 0.3) is 0 Å². The van der Waals surface area contributed by atoms with Gasteiger partial charge in [0.25, 0.3) is 0 Å². The number of ether oxygens (including phenoxy) is 1. The Hall–Kier alpha value is -0.320. The van der Waals surface area contributed by atoms with Crippen LogP contribution in [0.15, 0.2) is 0 Å². The Labute approximate surface area is 103 Å². The second-order valence-electron chi connectivity index (χ2n) is 4.50. The fraction of sp³-hybridized carbons (Fsp3) is 0.909. The lowest BCUT2D eigenvalue weighted by Gasteiger charge is -2.37. The molecule has 0 aliphatic carbocycles. The third-order valence-electron chi connectivity index (χ3n) is 3.29. The molecule has 5 heteroatoms. The Kier molecular flexibility index (Phi) is 5.52. The van der Waals surface area contributed by atoms with E-state index >= 15 is 0 Å². The summed E-state index contributed by atoms with van der Waals surface area (Å²) >= 11 is 0. The summed E-state index contributed by atoms with van der Waals surface area (Å²) in [5, 5.41) is 3.30. The van der Waals surface area contributed by atoms with E-state index in [1.165, 1.54) is 0 Å². The van der Waals surface area contributed by atoms with Crippen molar-refractivity contribution in [1.82, 2.24) is 10.2 Å². The fourth-order valence-electron chi connectivity index (χ4n) is 2.34. The molecule has 94 valence electrons. The van der Waals surface area contributed by atoms with Gasteiger partial charge in [0.1, 0.15) is 0 Å². The highest BCUT2D eigenvalue weighted by Crippen LogP contribution is 2.18. The summed E-state index contributed by atoms with van der Waals surface area (Å²) < 4.78 is 5.37. The maximum Gasteiger partial charge on any atom is 0.228 e. The first-order valence-corrected chi connectivity index (χ1v) is 5.88. The average molecular weight is 249 g/mol. The summed E-state index contributed by atoms with van der Waals surface area (Å²) in [5.74, 6) is 0.406. The Morgan fingerprint density at radius 1 is 1.50 bits per heavy atom. The Balaban J connectivity index is 0.00000128. The molecule has 4 nitrogen and oxygen atoms in total. The predicted molar refractivity (Wildman–Crippen MR) is 64.8 cm³/mol. The Bertz CT molecular complexity index is 232. The molecule has 0 aromatic heterocycles. The molecule has 0 aromatic rings. The molecule has 1 amide bonds. The zero-order chi connectivity index (χ0) is 10.7. The summed E-state index contributed by atoms with van der Waals surface area (Å²) in [7, 11) is 0. The second kappa shape index (κ2) is 6.42. The first-order valence-electron chi connectivity index (χ1n) is 5.88. The molecule has 1 N–H and O–H groups in total. The lowest BCUT2D eigenvalue weighted by molar-refractivity contribution is -0.142. The summed E-state index contributed by atoms with van der Waals surface area (Å²) in [5.41, 5.74) is 0. The molecule has 0 bridgehead atoms. The lowest BCUT2D eigenvalue weighted by Crippen LogP contribution is -2.54. The standard InChI is InChI=1S/C11H20N2O2.ClH/c1-9-7-12-4-5-13(9)11(14)10-3-2-6-15-8-10;/h9-10,12H,2-8H2,1H3;1H. The van der Waals surface area contributed by atoms with Crippen molar-refractivity contribution in [3.8, 4) is 0 Å². The van der Waals surface area contributed by atoms with Crippen molar-refractivity contribution in [2.24, 2.45) is 5.92 Å². The number of nitrogens with one attached hydrogen (secondary N) is 1. The number of carbonyl (C=O) groups is 1. The zero-order valence-electron chi connectivity index (χ0n) is 9.78.